The summed E-state index contributed by atoms with van der Waals surface area (Å²) in [7, 11) is -1.23. The zero-order chi connectivity index (χ0) is 26.3. The molecule has 3 aromatic rings. The van der Waals surface area contributed by atoms with E-state index in [2.05, 4.69) is 5.32 Å². The Hall–Kier alpha value is -3.27. The standard InChI is InChI=1S/C26H27ClFN3O4S/c1-29-26(33)24(16-19-6-4-3-5-7-19)31(17-20-8-12-22(28)13-9-20)25(32)18-30(2)36(34,35)23-14-10-21(27)11-15-23/h3-15,24H,16-18H2,1-2H3,(H,29,33)/t24-/m1/s1. The summed E-state index contributed by atoms with van der Waals surface area (Å²) in [5.41, 5.74) is 1.42. The number of benzene rings is 3. The summed E-state index contributed by atoms with van der Waals surface area (Å²) in [5, 5.41) is 2.98. The number of carbonyl (C=O) groups excluding carboxylic acids is 2. The van der Waals surface area contributed by atoms with E-state index in [9.17, 15) is 22.4 Å². The van der Waals surface area contributed by atoms with Crippen molar-refractivity contribution in [2.75, 3.05) is 20.6 Å². The molecule has 0 aliphatic rings. The minimum Gasteiger partial charge on any atom is -0.357 e. The lowest BCUT2D eigenvalue weighted by atomic mass is 10.0. The van der Waals surface area contributed by atoms with E-state index in [1.807, 2.05) is 30.3 Å². The monoisotopic (exact) mass is 531 g/mol. The maximum absolute atomic E-state index is 13.6. The maximum atomic E-state index is 13.6. The predicted molar refractivity (Wildman–Crippen MR) is 136 cm³/mol. The Balaban J connectivity index is 1.93. The molecule has 0 radical (unpaired) electrons. The molecule has 3 aromatic carbocycles. The maximum Gasteiger partial charge on any atom is 0.243 e. The average Bonchev–Trinajstić information content (AvgIpc) is 2.87. The highest BCUT2D eigenvalue weighted by Gasteiger charge is 2.32. The van der Waals surface area contributed by atoms with E-state index in [1.165, 1.54) is 67.5 Å². The number of halogens is 2. The number of nitrogens with one attached hydrogen (secondary N) is 1. The van der Waals surface area contributed by atoms with Gasteiger partial charge in [-0.2, -0.15) is 4.31 Å². The van der Waals surface area contributed by atoms with Crippen LogP contribution in [-0.2, 0) is 32.6 Å². The van der Waals surface area contributed by atoms with Crippen molar-refractivity contribution in [3.05, 3.63) is 101 Å². The van der Waals surface area contributed by atoms with Gasteiger partial charge in [-0.1, -0.05) is 54.1 Å². The van der Waals surface area contributed by atoms with Gasteiger partial charge in [0.15, 0.2) is 0 Å². The Bertz CT molecular complexity index is 1290. The van der Waals surface area contributed by atoms with Crippen LogP contribution in [0.15, 0.2) is 83.8 Å². The zero-order valence-corrected chi connectivity index (χ0v) is 21.5. The third kappa shape index (κ3) is 6.90. The smallest absolute Gasteiger partial charge is 0.243 e. The number of sulfonamides is 1. The summed E-state index contributed by atoms with van der Waals surface area (Å²) in [6, 6.07) is 19.4. The van der Waals surface area contributed by atoms with Gasteiger partial charge >= 0.3 is 0 Å². The molecule has 0 unspecified atom stereocenters. The average molecular weight is 532 g/mol. The molecular formula is C26H27ClFN3O4S. The van der Waals surface area contributed by atoms with E-state index in [-0.39, 0.29) is 17.9 Å². The van der Waals surface area contributed by atoms with Gasteiger partial charge in [0.25, 0.3) is 0 Å². The first-order valence-electron chi connectivity index (χ1n) is 11.1. The van der Waals surface area contributed by atoms with Gasteiger partial charge in [0.1, 0.15) is 11.9 Å². The van der Waals surface area contributed by atoms with E-state index in [0.29, 0.717) is 10.6 Å². The molecule has 7 nitrogen and oxygen atoms in total. The first-order valence-corrected chi connectivity index (χ1v) is 12.9. The van der Waals surface area contributed by atoms with E-state index in [1.54, 1.807) is 0 Å². The molecular weight excluding hydrogens is 505 g/mol. The summed E-state index contributed by atoms with van der Waals surface area (Å²) in [5.74, 6) is -1.42. The van der Waals surface area contributed by atoms with Crippen LogP contribution >= 0.6 is 11.6 Å². The predicted octanol–water partition coefficient (Wildman–Crippen LogP) is 3.49. The molecule has 190 valence electrons. The molecule has 0 heterocycles. The van der Waals surface area contributed by atoms with Crippen LogP contribution in [0.3, 0.4) is 0 Å². The molecule has 0 aliphatic heterocycles. The largest absolute Gasteiger partial charge is 0.357 e. The van der Waals surface area contributed by atoms with Gasteiger partial charge < -0.3 is 10.2 Å². The first-order chi connectivity index (χ1) is 17.1. The number of carbonyl (C=O) groups is 2. The van der Waals surface area contributed by atoms with Crippen LogP contribution in [0.2, 0.25) is 5.02 Å². The van der Waals surface area contributed by atoms with Crippen molar-refractivity contribution in [3.63, 3.8) is 0 Å². The lowest BCUT2D eigenvalue weighted by Gasteiger charge is -2.32. The van der Waals surface area contributed by atoms with Gasteiger partial charge in [-0.3, -0.25) is 9.59 Å². The summed E-state index contributed by atoms with van der Waals surface area (Å²) < 4.78 is 40.5. The lowest BCUT2D eigenvalue weighted by molar-refractivity contribution is -0.141. The zero-order valence-electron chi connectivity index (χ0n) is 19.9. The van der Waals surface area contributed by atoms with Crippen molar-refractivity contribution < 1.29 is 22.4 Å². The highest BCUT2D eigenvalue weighted by Crippen LogP contribution is 2.19. The van der Waals surface area contributed by atoms with Crippen LogP contribution < -0.4 is 5.32 Å². The second-order valence-corrected chi connectivity index (χ2v) is 10.7. The molecule has 1 atom stereocenters. The molecule has 2 amide bonds. The topological polar surface area (TPSA) is 86.8 Å². The van der Waals surface area contributed by atoms with Crippen molar-refractivity contribution in [2.45, 2.75) is 23.9 Å². The van der Waals surface area contributed by atoms with Gasteiger partial charge in [0.2, 0.25) is 21.8 Å². The molecule has 0 aliphatic carbocycles. The minimum atomic E-state index is -4.00. The van der Waals surface area contributed by atoms with Crippen molar-refractivity contribution in [1.82, 2.24) is 14.5 Å². The van der Waals surface area contributed by atoms with Gasteiger partial charge in [-0.25, -0.2) is 12.8 Å². The summed E-state index contributed by atoms with van der Waals surface area (Å²) in [6.07, 6.45) is 0.209. The summed E-state index contributed by atoms with van der Waals surface area (Å²) in [6.45, 7) is -0.521. The van der Waals surface area contributed by atoms with Gasteiger partial charge in [-0.15, -0.1) is 0 Å². The molecule has 10 heteroatoms. The number of rotatable bonds is 10. The molecule has 0 aromatic heterocycles. The van der Waals surface area contributed by atoms with E-state index >= 15 is 0 Å². The number of hydrogen-bond acceptors (Lipinski definition) is 4. The molecule has 0 saturated carbocycles. The van der Waals surface area contributed by atoms with Crippen molar-refractivity contribution in [3.8, 4) is 0 Å². The van der Waals surface area contributed by atoms with Crippen LogP contribution in [0.25, 0.3) is 0 Å². The van der Waals surface area contributed by atoms with Crippen LogP contribution in [0, 0.1) is 5.82 Å². The number of hydrogen-bond donors (Lipinski definition) is 1. The second kappa shape index (κ2) is 12.1. The van der Waals surface area contributed by atoms with Gasteiger partial charge in [0.05, 0.1) is 11.4 Å². The second-order valence-electron chi connectivity index (χ2n) is 8.18. The molecule has 36 heavy (non-hydrogen) atoms. The fourth-order valence-electron chi connectivity index (χ4n) is 3.66. The lowest BCUT2D eigenvalue weighted by Crippen LogP contribution is -2.52. The SMILES string of the molecule is CNC(=O)[C@@H](Cc1ccccc1)N(Cc1ccc(F)cc1)C(=O)CN(C)S(=O)(=O)c1ccc(Cl)cc1. The van der Waals surface area contributed by atoms with Gasteiger partial charge in [-0.05, 0) is 47.5 Å². The van der Waals surface area contributed by atoms with Crippen LogP contribution in [0.5, 0.6) is 0 Å². The third-order valence-electron chi connectivity index (χ3n) is 5.66. The molecule has 0 bridgehead atoms. The fraction of sp³-hybridized carbons (Fsp3) is 0.231. The van der Waals surface area contributed by atoms with Crippen LogP contribution in [0.4, 0.5) is 4.39 Å². The molecule has 0 spiro atoms. The summed E-state index contributed by atoms with van der Waals surface area (Å²) >= 11 is 5.87. The first kappa shape index (κ1) is 27.3. The van der Waals surface area contributed by atoms with Crippen molar-refractivity contribution in [2.24, 2.45) is 0 Å². The molecule has 0 saturated heterocycles. The molecule has 1 N–H and O–H groups in total. The van der Waals surface area contributed by atoms with Gasteiger partial charge in [0, 0.05) is 32.1 Å². The van der Waals surface area contributed by atoms with E-state index in [0.717, 1.165) is 9.87 Å². The third-order valence-corrected chi connectivity index (χ3v) is 7.73. The number of amides is 2. The van der Waals surface area contributed by atoms with Crippen LogP contribution in [0.1, 0.15) is 11.1 Å². The highest BCUT2D eigenvalue weighted by atomic mass is 35.5. The highest BCUT2D eigenvalue weighted by molar-refractivity contribution is 7.89. The fourth-order valence-corrected chi connectivity index (χ4v) is 4.91. The van der Waals surface area contributed by atoms with E-state index in [4.69, 9.17) is 11.6 Å². The Morgan fingerprint density at radius 2 is 1.56 bits per heavy atom. The Morgan fingerprint density at radius 1 is 0.944 bits per heavy atom. The number of nitrogens with zero attached hydrogens (tertiary/aromatic N) is 2. The van der Waals surface area contributed by atoms with E-state index < -0.39 is 40.2 Å². The Labute approximate surface area is 215 Å². The Kier molecular flexibility index (Phi) is 9.19. The Morgan fingerprint density at radius 3 is 2.14 bits per heavy atom. The quantitative estimate of drug-likeness (QED) is 0.434. The van der Waals surface area contributed by atoms with Crippen molar-refractivity contribution in [1.29, 1.82) is 0 Å². The molecule has 0 fully saturated rings. The normalized spacial score (nSPS) is 12.2. The summed E-state index contributed by atoms with van der Waals surface area (Å²) in [4.78, 5) is 27.8. The number of likely N-dealkylation sites (N-methyl/N-ethyl adjacent to an activating group) is 2. The molecule has 3 rings (SSSR count). The van der Waals surface area contributed by atoms with Crippen LogP contribution in [-0.4, -0.2) is 56.1 Å². The minimum absolute atomic E-state index is 0.0144. The van der Waals surface area contributed by atoms with Crippen molar-refractivity contribution >= 4 is 33.4 Å².